The van der Waals surface area contributed by atoms with Gasteiger partial charge in [-0.25, -0.2) is 0 Å². The van der Waals surface area contributed by atoms with Crippen LogP contribution in [0.15, 0.2) is 71.5 Å². The highest BCUT2D eigenvalue weighted by atomic mass is 16.5. The summed E-state index contributed by atoms with van der Waals surface area (Å²) in [4.78, 5) is 18.1. The van der Waals surface area contributed by atoms with Crippen molar-refractivity contribution in [1.29, 1.82) is 5.26 Å². The van der Waals surface area contributed by atoms with Gasteiger partial charge in [-0.1, -0.05) is 74.9 Å². The van der Waals surface area contributed by atoms with Gasteiger partial charge in [0.1, 0.15) is 23.7 Å². The number of benzene rings is 3. The Bertz CT molecular complexity index is 1560. The molecule has 5 nitrogen and oxygen atoms in total. The van der Waals surface area contributed by atoms with E-state index in [-0.39, 0.29) is 11.7 Å². The Balaban J connectivity index is 1.67. The molecule has 2 heterocycles. The number of hydrogen-bond acceptors (Lipinski definition) is 4. The highest BCUT2D eigenvalue weighted by Gasteiger charge is 2.23. The summed E-state index contributed by atoms with van der Waals surface area (Å²) in [5.41, 5.74) is 6.94. The molecule has 4 aromatic rings. The number of nitriles is 1. The van der Waals surface area contributed by atoms with Gasteiger partial charge < -0.3 is 9.30 Å². The van der Waals surface area contributed by atoms with Crippen molar-refractivity contribution < 1.29 is 4.74 Å². The zero-order chi connectivity index (χ0) is 26.6. The molecule has 1 aromatic heterocycles. The smallest absolute Gasteiger partial charge is 0.281 e. The van der Waals surface area contributed by atoms with Gasteiger partial charge in [0.15, 0.2) is 0 Å². The summed E-state index contributed by atoms with van der Waals surface area (Å²) < 4.78 is 8.08. The van der Waals surface area contributed by atoms with E-state index < -0.39 is 0 Å². The quantitative estimate of drug-likeness (QED) is 0.267. The molecule has 0 amide bonds. The molecule has 0 radical (unpaired) electrons. The molecule has 1 aliphatic heterocycles. The fraction of sp³-hybridized carbons (Fsp3) is 0.303. The minimum atomic E-state index is -0.186. The van der Waals surface area contributed by atoms with Gasteiger partial charge in [-0.2, -0.15) is 10.2 Å². The average Bonchev–Trinajstić information content (AvgIpc) is 3.32. The molecule has 0 saturated heterocycles. The van der Waals surface area contributed by atoms with Crippen LogP contribution in [0.2, 0.25) is 0 Å². The van der Waals surface area contributed by atoms with Crippen molar-refractivity contribution in [2.45, 2.75) is 65.5 Å². The maximum absolute atomic E-state index is 13.5. The lowest BCUT2D eigenvalue weighted by Gasteiger charge is -2.22. The Morgan fingerprint density at radius 2 is 1.87 bits per heavy atom. The lowest BCUT2D eigenvalue weighted by Crippen LogP contribution is -2.25. The van der Waals surface area contributed by atoms with E-state index in [2.05, 4.69) is 42.5 Å². The molecule has 5 heteroatoms. The molecule has 0 spiro atoms. The zero-order valence-corrected chi connectivity index (χ0v) is 22.3. The molecular formula is C33H33N3O2. The minimum Gasteiger partial charge on any atom is -0.490 e. The SMILES string of the molecule is CCCCc1nc(=O)c(-c2ccc3c(c2)CC(C)O3)c(CC)n1Cc1cccc(-c2ccccc2)c1C#N. The van der Waals surface area contributed by atoms with Crippen LogP contribution in [0.25, 0.3) is 22.3 Å². The Hall–Kier alpha value is -4.17. The highest BCUT2D eigenvalue weighted by Crippen LogP contribution is 2.34. The molecule has 0 bridgehead atoms. The number of aromatic nitrogens is 2. The van der Waals surface area contributed by atoms with E-state index in [1.54, 1.807) is 0 Å². The van der Waals surface area contributed by atoms with E-state index in [1.165, 1.54) is 0 Å². The molecule has 5 rings (SSSR count). The van der Waals surface area contributed by atoms with E-state index in [1.807, 2.05) is 60.7 Å². The minimum absolute atomic E-state index is 0.137. The molecule has 0 fully saturated rings. The van der Waals surface area contributed by atoms with E-state index in [0.717, 1.165) is 70.8 Å². The van der Waals surface area contributed by atoms with Crippen LogP contribution in [0.1, 0.15) is 61.8 Å². The van der Waals surface area contributed by atoms with Crippen LogP contribution in [0, 0.1) is 11.3 Å². The van der Waals surface area contributed by atoms with Crippen LogP contribution in [0.3, 0.4) is 0 Å². The van der Waals surface area contributed by atoms with E-state index >= 15 is 0 Å². The van der Waals surface area contributed by atoms with Crippen molar-refractivity contribution in [3.05, 3.63) is 105 Å². The van der Waals surface area contributed by atoms with E-state index in [0.29, 0.717) is 24.1 Å². The number of unbranched alkanes of at least 4 members (excludes halogenated alkanes) is 1. The van der Waals surface area contributed by atoms with Gasteiger partial charge in [0.2, 0.25) is 0 Å². The first-order chi connectivity index (χ1) is 18.5. The predicted molar refractivity (Wildman–Crippen MR) is 151 cm³/mol. The Labute approximate surface area is 224 Å². The second kappa shape index (κ2) is 11.1. The van der Waals surface area contributed by atoms with E-state index in [4.69, 9.17) is 4.74 Å². The fourth-order valence-corrected chi connectivity index (χ4v) is 5.49. The second-order valence-electron chi connectivity index (χ2n) is 9.97. The molecule has 38 heavy (non-hydrogen) atoms. The lowest BCUT2D eigenvalue weighted by atomic mass is 9.95. The predicted octanol–water partition coefficient (Wildman–Crippen LogP) is 6.73. The summed E-state index contributed by atoms with van der Waals surface area (Å²) in [5, 5.41) is 10.2. The Morgan fingerprint density at radius 1 is 1.05 bits per heavy atom. The second-order valence-corrected chi connectivity index (χ2v) is 9.97. The standard InChI is InChI=1S/C33H33N3O2/c1-4-6-15-31-35-33(37)32(24-16-17-30-26(19-24)18-22(3)38-30)29(5-2)36(31)21-25-13-10-14-27(28(25)20-34)23-11-8-7-9-12-23/h7-14,16-17,19,22H,4-6,15,18,21H2,1-3H3. The van der Waals surface area contributed by atoms with E-state index in [9.17, 15) is 10.1 Å². The zero-order valence-electron chi connectivity index (χ0n) is 22.3. The van der Waals surface area contributed by atoms with Gasteiger partial charge in [0, 0.05) is 18.5 Å². The van der Waals surface area contributed by atoms with Crippen molar-refractivity contribution in [3.8, 4) is 34.1 Å². The molecule has 1 unspecified atom stereocenters. The third-order valence-electron chi connectivity index (χ3n) is 7.32. The third kappa shape index (κ3) is 4.87. The molecule has 3 aromatic carbocycles. The van der Waals surface area contributed by atoms with Crippen molar-refractivity contribution in [1.82, 2.24) is 9.55 Å². The first kappa shape index (κ1) is 25.5. The van der Waals surface area contributed by atoms with Crippen molar-refractivity contribution in [3.63, 3.8) is 0 Å². The molecule has 1 aliphatic rings. The Kier molecular flexibility index (Phi) is 7.42. The van der Waals surface area contributed by atoms with Crippen LogP contribution < -0.4 is 10.3 Å². The molecular weight excluding hydrogens is 470 g/mol. The summed E-state index contributed by atoms with van der Waals surface area (Å²) in [6.45, 7) is 6.77. The van der Waals surface area contributed by atoms with Crippen LogP contribution in [0.5, 0.6) is 5.75 Å². The number of hydrogen-bond donors (Lipinski definition) is 0. The summed E-state index contributed by atoms with van der Waals surface area (Å²) in [7, 11) is 0. The van der Waals surface area contributed by atoms with Gasteiger partial charge in [0.05, 0.1) is 17.7 Å². The number of nitrogens with zero attached hydrogens (tertiary/aromatic N) is 3. The van der Waals surface area contributed by atoms with Gasteiger partial charge in [-0.15, -0.1) is 0 Å². The topological polar surface area (TPSA) is 67.9 Å². The largest absolute Gasteiger partial charge is 0.490 e. The third-order valence-corrected chi connectivity index (χ3v) is 7.32. The van der Waals surface area contributed by atoms with Crippen LogP contribution in [0.4, 0.5) is 0 Å². The average molecular weight is 504 g/mol. The number of aryl methyl sites for hydroxylation is 1. The number of rotatable bonds is 8. The van der Waals surface area contributed by atoms with Gasteiger partial charge >= 0.3 is 0 Å². The van der Waals surface area contributed by atoms with Crippen molar-refractivity contribution in [2.24, 2.45) is 0 Å². The van der Waals surface area contributed by atoms with Crippen molar-refractivity contribution >= 4 is 0 Å². The summed E-state index contributed by atoms with van der Waals surface area (Å²) >= 11 is 0. The van der Waals surface area contributed by atoms with Crippen LogP contribution >= 0.6 is 0 Å². The first-order valence-electron chi connectivity index (χ1n) is 13.5. The summed E-state index contributed by atoms with van der Waals surface area (Å²) in [5.74, 6) is 1.67. The molecule has 0 aliphatic carbocycles. The maximum atomic E-state index is 13.5. The number of ether oxygens (including phenoxy) is 1. The summed E-state index contributed by atoms with van der Waals surface area (Å²) in [6, 6.07) is 24.5. The van der Waals surface area contributed by atoms with Gasteiger partial charge in [0.25, 0.3) is 5.56 Å². The van der Waals surface area contributed by atoms with Gasteiger partial charge in [-0.05, 0) is 59.7 Å². The van der Waals surface area contributed by atoms with Gasteiger partial charge in [-0.3, -0.25) is 4.79 Å². The number of fused-ring (bicyclic) bond motifs is 1. The molecule has 1 atom stereocenters. The lowest BCUT2D eigenvalue weighted by molar-refractivity contribution is 0.254. The Morgan fingerprint density at radius 3 is 2.61 bits per heavy atom. The van der Waals surface area contributed by atoms with Crippen molar-refractivity contribution in [2.75, 3.05) is 0 Å². The normalized spacial score (nSPS) is 14.1. The van der Waals surface area contributed by atoms with Crippen LogP contribution in [-0.4, -0.2) is 15.7 Å². The fourth-order valence-electron chi connectivity index (χ4n) is 5.49. The monoisotopic (exact) mass is 503 g/mol. The summed E-state index contributed by atoms with van der Waals surface area (Å²) in [6.07, 6.45) is 4.32. The maximum Gasteiger partial charge on any atom is 0.281 e. The molecule has 0 saturated carbocycles. The molecule has 192 valence electrons. The first-order valence-corrected chi connectivity index (χ1v) is 13.5. The van der Waals surface area contributed by atoms with Crippen LogP contribution in [-0.2, 0) is 25.8 Å². The highest BCUT2D eigenvalue weighted by molar-refractivity contribution is 5.72. The molecule has 0 N–H and O–H groups in total.